The Morgan fingerprint density at radius 3 is 2.36 bits per heavy atom. The van der Waals surface area contributed by atoms with Crippen LogP contribution in [0.1, 0.15) is 52.1 Å². The molecule has 3 rings (SSSR count). The summed E-state index contributed by atoms with van der Waals surface area (Å²) in [5.41, 5.74) is 4.67. The molecule has 25 heavy (non-hydrogen) atoms. The summed E-state index contributed by atoms with van der Waals surface area (Å²) in [7, 11) is 0. The number of carbonyl (C=O) groups excluding carboxylic acids is 1. The van der Waals surface area contributed by atoms with Crippen LogP contribution in [-0.4, -0.2) is 20.7 Å². The molecule has 130 valence electrons. The van der Waals surface area contributed by atoms with Crippen LogP contribution in [0, 0.1) is 27.7 Å². The second-order valence-corrected chi connectivity index (χ2v) is 6.27. The molecule has 1 atom stereocenters. The molecule has 1 N–H and O–H groups in total. The van der Waals surface area contributed by atoms with E-state index in [-0.39, 0.29) is 17.7 Å². The van der Waals surface area contributed by atoms with Crippen molar-refractivity contribution in [3.8, 4) is 5.69 Å². The van der Waals surface area contributed by atoms with Crippen LogP contribution in [0.2, 0.25) is 0 Å². The van der Waals surface area contributed by atoms with Crippen molar-refractivity contribution in [1.29, 1.82) is 0 Å². The van der Waals surface area contributed by atoms with Gasteiger partial charge in [0.1, 0.15) is 0 Å². The molecule has 0 spiro atoms. The fourth-order valence-electron chi connectivity index (χ4n) is 2.88. The van der Waals surface area contributed by atoms with E-state index in [1.807, 2.05) is 55.8 Å². The highest BCUT2D eigenvalue weighted by Crippen LogP contribution is 2.18. The first-order valence-electron chi connectivity index (χ1n) is 8.23. The third kappa shape index (κ3) is 3.47. The van der Waals surface area contributed by atoms with Crippen molar-refractivity contribution in [2.75, 3.05) is 0 Å². The van der Waals surface area contributed by atoms with Gasteiger partial charge in [-0.05, 0) is 51.5 Å². The number of aromatic nitrogens is 3. The summed E-state index contributed by atoms with van der Waals surface area (Å²) < 4.78 is 7.28. The first kappa shape index (κ1) is 17.0. The maximum Gasteiger partial charge on any atom is 0.289 e. The van der Waals surface area contributed by atoms with E-state index in [9.17, 15) is 4.79 Å². The summed E-state index contributed by atoms with van der Waals surface area (Å²) in [5, 5.41) is 7.43. The average molecular weight is 338 g/mol. The quantitative estimate of drug-likeness (QED) is 0.789. The molecule has 0 bridgehead atoms. The Morgan fingerprint density at radius 1 is 1.16 bits per heavy atom. The molecule has 6 heteroatoms. The molecule has 6 nitrogen and oxygen atoms in total. The molecule has 0 fully saturated rings. The zero-order chi connectivity index (χ0) is 18.1. The van der Waals surface area contributed by atoms with Gasteiger partial charge < -0.3 is 9.73 Å². The largest absolute Gasteiger partial charge is 0.436 e. The van der Waals surface area contributed by atoms with Gasteiger partial charge in [0.2, 0.25) is 5.76 Å². The molecule has 3 aromatic rings. The minimum Gasteiger partial charge on any atom is -0.436 e. The number of rotatable bonds is 4. The van der Waals surface area contributed by atoms with Crippen LogP contribution in [0.4, 0.5) is 0 Å². The number of hydrogen-bond donors (Lipinski definition) is 1. The normalized spacial score (nSPS) is 12.2. The van der Waals surface area contributed by atoms with Gasteiger partial charge in [-0.3, -0.25) is 4.79 Å². The van der Waals surface area contributed by atoms with Crippen LogP contribution in [0.3, 0.4) is 0 Å². The smallest absolute Gasteiger partial charge is 0.289 e. The number of nitrogens with one attached hydrogen (secondary N) is 1. The van der Waals surface area contributed by atoms with Crippen molar-refractivity contribution < 1.29 is 9.21 Å². The van der Waals surface area contributed by atoms with Crippen LogP contribution in [-0.2, 0) is 0 Å². The highest BCUT2D eigenvalue weighted by molar-refractivity contribution is 5.92. The summed E-state index contributed by atoms with van der Waals surface area (Å²) in [5.74, 6) is 0.501. The lowest BCUT2D eigenvalue weighted by Gasteiger charge is -2.14. The van der Waals surface area contributed by atoms with Crippen molar-refractivity contribution in [2.24, 2.45) is 0 Å². The van der Waals surface area contributed by atoms with Crippen molar-refractivity contribution in [1.82, 2.24) is 20.1 Å². The van der Waals surface area contributed by atoms with E-state index < -0.39 is 0 Å². The van der Waals surface area contributed by atoms with Gasteiger partial charge in [0.05, 0.1) is 23.1 Å². The lowest BCUT2D eigenvalue weighted by atomic mass is 10.1. The van der Waals surface area contributed by atoms with E-state index in [1.54, 1.807) is 13.8 Å². The number of nitrogens with zero attached hydrogens (tertiary/aromatic N) is 3. The van der Waals surface area contributed by atoms with E-state index in [2.05, 4.69) is 15.4 Å². The minimum atomic E-state index is -0.256. The zero-order valence-corrected chi connectivity index (χ0v) is 15.1. The van der Waals surface area contributed by atoms with Crippen LogP contribution in [0.25, 0.3) is 5.69 Å². The van der Waals surface area contributed by atoms with Crippen molar-refractivity contribution in [3.05, 3.63) is 64.6 Å². The number of carbonyl (C=O) groups is 1. The molecule has 0 aliphatic heterocycles. The molecule has 0 saturated heterocycles. The molecule has 1 amide bonds. The van der Waals surface area contributed by atoms with Gasteiger partial charge in [0.25, 0.3) is 5.91 Å². The van der Waals surface area contributed by atoms with Crippen molar-refractivity contribution in [2.45, 2.75) is 40.7 Å². The molecule has 2 aromatic heterocycles. The molecule has 0 radical (unpaired) electrons. The summed E-state index contributed by atoms with van der Waals surface area (Å²) in [4.78, 5) is 16.5. The molecule has 0 saturated carbocycles. The fraction of sp³-hybridized carbons (Fsp3) is 0.316. The SMILES string of the molecule is Cc1cc(C)n(-c2ccc([C@@H](C)NC(=O)c3oc(C)nc3C)cc2)n1. The van der Waals surface area contributed by atoms with E-state index >= 15 is 0 Å². The van der Waals surface area contributed by atoms with E-state index in [1.165, 1.54) is 0 Å². The minimum absolute atomic E-state index is 0.146. The lowest BCUT2D eigenvalue weighted by molar-refractivity contribution is 0.0909. The Balaban J connectivity index is 1.74. The molecular formula is C19H22N4O2. The first-order chi connectivity index (χ1) is 11.8. The Hall–Kier alpha value is -2.89. The number of aryl methyl sites for hydroxylation is 4. The topological polar surface area (TPSA) is 73.0 Å². The Kier molecular flexibility index (Phi) is 4.44. The fourth-order valence-corrected chi connectivity index (χ4v) is 2.88. The second kappa shape index (κ2) is 6.55. The second-order valence-electron chi connectivity index (χ2n) is 6.27. The maximum atomic E-state index is 12.3. The Morgan fingerprint density at radius 2 is 1.84 bits per heavy atom. The van der Waals surface area contributed by atoms with E-state index in [4.69, 9.17) is 4.42 Å². The van der Waals surface area contributed by atoms with Gasteiger partial charge in [-0.2, -0.15) is 5.10 Å². The third-order valence-corrected chi connectivity index (χ3v) is 4.10. The Bertz CT molecular complexity index is 906. The Labute approximate surface area is 146 Å². The molecule has 1 aromatic carbocycles. The zero-order valence-electron chi connectivity index (χ0n) is 15.1. The maximum absolute atomic E-state index is 12.3. The van der Waals surface area contributed by atoms with Crippen molar-refractivity contribution >= 4 is 5.91 Å². The standard InChI is InChI=1S/C19H22N4O2/c1-11-10-12(2)23(22-11)17-8-6-16(7-9-17)13(3)21-19(24)18-14(4)20-15(5)25-18/h6-10,13H,1-5H3,(H,21,24)/t13-/m1/s1. The summed E-state index contributed by atoms with van der Waals surface area (Å²) in [6.07, 6.45) is 0. The van der Waals surface area contributed by atoms with Gasteiger partial charge in [-0.15, -0.1) is 0 Å². The third-order valence-electron chi connectivity index (χ3n) is 4.10. The van der Waals surface area contributed by atoms with Gasteiger partial charge in [0.15, 0.2) is 5.89 Å². The molecule has 0 aliphatic carbocycles. The van der Waals surface area contributed by atoms with E-state index in [0.717, 1.165) is 22.6 Å². The molecule has 2 heterocycles. The molecular weight excluding hydrogens is 316 g/mol. The van der Waals surface area contributed by atoms with Crippen LogP contribution in [0.15, 0.2) is 34.7 Å². The van der Waals surface area contributed by atoms with Gasteiger partial charge in [-0.1, -0.05) is 12.1 Å². The number of amides is 1. The van der Waals surface area contributed by atoms with Gasteiger partial charge in [-0.25, -0.2) is 9.67 Å². The summed E-state index contributed by atoms with van der Waals surface area (Å²) in [6.45, 7) is 9.43. The van der Waals surface area contributed by atoms with Crippen LogP contribution < -0.4 is 5.32 Å². The average Bonchev–Trinajstić information content (AvgIpc) is 3.08. The van der Waals surface area contributed by atoms with E-state index in [0.29, 0.717) is 11.6 Å². The number of oxazole rings is 1. The molecule has 0 unspecified atom stereocenters. The predicted octanol–water partition coefficient (Wildman–Crippen LogP) is 3.58. The summed E-state index contributed by atoms with van der Waals surface area (Å²) >= 11 is 0. The monoisotopic (exact) mass is 338 g/mol. The molecule has 0 aliphatic rings. The van der Waals surface area contributed by atoms with Gasteiger partial charge in [0, 0.05) is 12.6 Å². The lowest BCUT2D eigenvalue weighted by Crippen LogP contribution is -2.26. The van der Waals surface area contributed by atoms with Crippen molar-refractivity contribution in [3.63, 3.8) is 0 Å². The summed E-state index contributed by atoms with van der Waals surface area (Å²) in [6, 6.07) is 9.89. The van der Waals surface area contributed by atoms with Crippen LogP contribution >= 0.6 is 0 Å². The van der Waals surface area contributed by atoms with Crippen LogP contribution in [0.5, 0.6) is 0 Å². The highest BCUT2D eigenvalue weighted by Gasteiger charge is 2.18. The predicted molar refractivity (Wildman–Crippen MR) is 94.9 cm³/mol. The van der Waals surface area contributed by atoms with Gasteiger partial charge >= 0.3 is 0 Å². The number of benzene rings is 1. The highest BCUT2D eigenvalue weighted by atomic mass is 16.4. The number of hydrogen-bond acceptors (Lipinski definition) is 4. The first-order valence-corrected chi connectivity index (χ1v) is 8.23.